The molecule has 0 amide bonds. The third kappa shape index (κ3) is 5.59. The first kappa shape index (κ1) is 30.2. The number of hydrogen-bond acceptors (Lipinski definition) is 8. The fraction of sp³-hybridized carbons (Fsp3) is 0.600. The number of benzene rings is 2. The lowest BCUT2D eigenvalue weighted by atomic mass is 9.89. The van der Waals surface area contributed by atoms with Gasteiger partial charge in [-0.05, 0) is 20.9 Å². The Hall–Kier alpha value is -2.31. The van der Waals surface area contributed by atoms with Crippen molar-refractivity contribution in [3.05, 3.63) is 71.1 Å². The first-order valence-electron chi connectivity index (χ1n) is 14.3. The Morgan fingerprint density at radius 3 is 2.12 bits per heavy atom. The maximum absolute atomic E-state index is 11.3. The molecule has 3 aliphatic heterocycles. The molecule has 3 saturated heterocycles. The van der Waals surface area contributed by atoms with E-state index in [2.05, 4.69) is 55.1 Å². The van der Waals surface area contributed by atoms with Gasteiger partial charge >= 0.3 is 0 Å². The van der Waals surface area contributed by atoms with Crippen LogP contribution < -0.4 is 10.4 Å². The van der Waals surface area contributed by atoms with Crippen molar-refractivity contribution < 1.29 is 33.6 Å². The molecular formula is C30H41N3O7Si. The number of fused-ring (bicyclic) bond motifs is 2. The molecule has 10 nitrogen and oxygen atoms in total. The van der Waals surface area contributed by atoms with Gasteiger partial charge in [0.25, 0.3) is 8.32 Å². The Morgan fingerprint density at radius 2 is 1.56 bits per heavy atom. The molecule has 222 valence electrons. The topological polar surface area (TPSA) is 135 Å². The maximum Gasteiger partial charge on any atom is 0.261 e. The zero-order valence-electron chi connectivity index (χ0n) is 24.2. The molecular weight excluding hydrogens is 542 g/mol. The van der Waals surface area contributed by atoms with E-state index in [1.165, 1.54) is 0 Å². The highest BCUT2D eigenvalue weighted by Crippen LogP contribution is 2.40. The lowest BCUT2D eigenvalue weighted by Crippen LogP contribution is -2.68. The number of aliphatic hydroxyl groups is 2. The summed E-state index contributed by atoms with van der Waals surface area (Å²) in [5.41, 5.74) is 9.29. The molecule has 5 rings (SSSR count). The number of azide groups is 1. The van der Waals surface area contributed by atoms with Crippen molar-refractivity contribution in [3.63, 3.8) is 0 Å². The predicted molar refractivity (Wildman–Crippen MR) is 155 cm³/mol. The molecule has 0 aromatic heterocycles. The van der Waals surface area contributed by atoms with Crippen LogP contribution in [0.15, 0.2) is 65.8 Å². The third-order valence-corrected chi connectivity index (χ3v) is 13.9. The second-order valence-electron chi connectivity index (χ2n) is 12.4. The molecule has 0 aliphatic carbocycles. The quantitative estimate of drug-likeness (QED) is 0.211. The molecule has 2 aromatic carbocycles. The van der Waals surface area contributed by atoms with Crippen LogP contribution >= 0.6 is 0 Å². The van der Waals surface area contributed by atoms with Crippen LogP contribution in [0.25, 0.3) is 10.4 Å². The fourth-order valence-corrected chi connectivity index (χ4v) is 11.0. The van der Waals surface area contributed by atoms with Gasteiger partial charge in [-0.1, -0.05) is 100 Å². The molecule has 41 heavy (non-hydrogen) atoms. The summed E-state index contributed by atoms with van der Waals surface area (Å²) < 4.78 is 31.3. The van der Waals surface area contributed by atoms with Gasteiger partial charge in [-0.15, -0.1) is 0 Å². The molecule has 2 bridgehead atoms. The van der Waals surface area contributed by atoms with E-state index in [9.17, 15) is 15.7 Å². The van der Waals surface area contributed by atoms with E-state index in [-0.39, 0.29) is 24.2 Å². The second kappa shape index (κ2) is 12.1. The van der Waals surface area contributed by atoms with Gasteiger partial charge in [-0.2, -0.15) is 0 Å². The molecule has 2 N–H and O–H groups in total. The van der Waals surface area contributed by atoms with E-state index in [0.717, 1.165) is 10.4 Å². The average molecular weight is 584 g/mol. The minimum absolute atomic E-state index is 0.197. The van der Waals surface area contributed by atoms with Gasteiger partial charge < -0.3 is 33.6 Å². The molecule has 3 aliphatic rings. The summed E-state index contributed by atoms with van der Waals surface area (Å²) in [6.45, 7) is 10.8. The first-order chi connectivity index (χ1) is 19.6. The zero-order chi connectivity index (χ0) is 29.4. The van der Waals surface area contributed by atoms with Gasteiger partial charge in [0.1, 0.15) is 18.2 Å². The van der Waals surface area contributed by atoms with Gasteiger partial charge in [0.05, 0.1) is 31.5 Å². The standard InChI is InChI=1S/C30H41N3O7Si/c1-18-22(17-37-41(30(3,4)5,20-12-8-6-9-13-20)21-14-10-7-11-15-21)38-28(24(25(18)34)32-33-31)40-27-19(2)26(35)29-36-16-23(27)39-29/h6-15,18-19,22-29,34-35H,16-17H2,1-5H3/t18-,19-,22?,23?,24?,25+,26+,27?,28+,29?/m1/s1. The second-order valence-corrected chi connectivity index (χ2v) is 16.7. The van der Waals surface area contributed by atoms with E-state index in [4.69, 9.17) is 23.4 Å². The monoisotopic (exact) mass is 583 g/mol. The van der Waals surface area contributed by atoms with Crippen molar-refractivity contribution in [2.45, 2.75) is 88.8 Å². The molecule has 2 aromatic rings. The first-order valence-corrected chi connectivity index (χ1v) is 16.2. The summed E-state index contributed by atoms with van der Waals surface area (Å²) in [6, 6.07) is 19.7. The summed E-state index contributed by atoms with van der Waals surface area (Å²) in [6.07, 6.45) is -5.20. The van der Waals surface area contributed by atoms with Crippen LogP contribution in [0.2, 0.25) is 5.04 Å². The highest BCUT2D eigenvalue weighted by Gasteiger charge is 2.54. The Labute approximate surface area is 242 Å². The average Bonchev–Trinajstić information content (AvgIpc) is 3.42. The van der Waals surface area contributed by atoms with Crippen LogP contribution in [0, 0.1) is 11.8 Å². The molecule has 11 heteroatoms. The predicted octanol–water partition coefficient (Wildman–Crippen LogP) is 3.10. The third-order valence-electron chi connectivity index (χ3n) is 8.86. The Morgan fingerprint density at radius 1 is 0.951 bits per heavy atom. The van der Waals surface area contributed by atoms with E-state index >= 15 is 0 Å². The minimum Gasteiger partial charge on any atom is -0.405 e. The lowest BCUT2D eigenvalue weighted by Gasteiger charge is -2.47. The van der Waals surface area contributed by atoms with Crippen molar-refractivity contribution in [1.29, 1.82) is 0 Å². The smallest absolute Gasteiger partial charge is 0.261 e. The van der Waals surface area contributed by atoms with Gasteiger partial charge in [0, 0.05) is 16.7 Å². The summed E-state index contributed by atoms with van der Waals surface area (Å²) in [5.74, 6) is -0.728. The summed E-state index contributed by atoms with van der Waals surface area (Å²) in [5, 5.41) is 27.9. The normalized spacial score (nSPS) is 35.6. The van der Waals surface area contributed by atoms with E-state index in [0.29, 0.717) is 0 Å². The highest BCUT2D eigenvalue weighted by atomic mass is 28.4. The Kier molecular flexibility index (Phi) is 8.92. The molecule has 0 saturated carbocycles. The van der Waals surface area contributed by atoms with Crippen LogP contribution in [-0.2, 0) is 23.4 Å². The van der Waals surface area contributed by atoms with Crippen LogP contribution in [0.1, 0.15) is 34.6 Å². The lowest BCUT2D eigenvalue weighted by molar-refractivity contribution is -0.298. The SMILES string of the molecule is C[C@@H]1C(CO[Si](c2ccccc2)(c2ccccc2)C(C)(C)C)O[C@@H](OC2C3COC(O3)[C@@H](O)[C@H]2C)C(N=[N+]=[N-])[C@H]1O. The van der Waals surface area contributed by atoms with Crippen molar-refractivity contribution in [2.24, 2.45) is 17.0 Å². The molecule has 3 fully saturated rings. The van der Waals surface area contributed by atoms with Gasteiger partial charge in [0.2, 0.25) is 0 Å². The minimum atomic E-state index is -2.87. The maximum atomic E-state index is 11.3. The largest absolute Gasteiger partial charge is 0.405 e. The fourth-order valence-electron chi connectivity index (χ4n) is 6.46. The van der Waals surface area contributed by atoms with E-state index in [1.54, 1.807) is 0 Å². The van der Waals surface area contributed by atoms with Crippen molar-refractivity contribution in [3.8, 4) is 0 Å². The van der Waals surface area contributed by atoms with E-state index < -0.39 is 63.4 Å². The Bertz CT molecular complexity index is 1170. The van der Waals surface area contributed by atoms with Crippen LogP contribution in [-0.4, -0.2) is 80.9 Å². The van der Waals surface area contributed by atoms with Crippen molar-refractivity contribution >= 4 is 18.7 Å². The molecule has 3 heterocycles. The van der Waals surface area contributed by atoms with E-state index in [1.807, 2.05) is 50.2 Å². The zero-order valence-corrected chi connectivity index (χ0v) is 25.2. The number of nitrogens with zero attached hydrogens (tertiary/aromatic N) is 3. The highest BCUT2D eigenvalue weighted by molar-refractivity contribution is 6.99. The van der Waals surface area contributed by atoms with Crippen molar-refractivity contribution in [1.82, 2.24) is 0 Å². The van der Waals surface area contributed by atoms with Crippen LogP contribution in [0.5, 0.6) is 0 Å². The summed E-state index contributed by atoms with van der Waals surface area (Å²) in [4.78, 5) is 2.97. The summed E-state index contributed by atoms with van der Waals surface area (Å²) in [7, 11) is -2.87. The summed E-state index contributed by atoms with van der Waals surface area (Å²) >= 11 is 0. The van der Waals surface area contributed by atoms with Gasteiger partial charge in [-0.3, -0.25) is 0 Å². The number of hydrogen-bond donors (Lipinski definition) is 2. The molecule has 10 atom stereocenters. The van der Waals surface area contributed by atoms with Crippen molar-refractivity contribution in [2.75, 3.05) is 13.2 Å². The Balaban J connectivity index is 1.44. The molecule has 5 unspecified atom stereocenters. The van der Waals surface area contributed by atoms with Crippen LogP contribution in [0.3, 0.4) is 0 Å². The van der Waals surface area contributed by atoms with Gasteiger partial charge in [-0.25, -0.2) is 0 Å². The van der Waals surface area contributed by atoms with Gasteiger partial charge in [0.15, 0.2) is 12.6 Å². The number of rotatable bonds is 8. The molecule has 0 spiro atoms. The number of aliphatic hydroxyl groups excluding tert-OH is 2. The van der Waals surface area contributed by atoms with Crippen LogP contribution in [0.4, 0.5) is 0 Å². The number of ether oxygens (including phenoxy) is 4. The molecule has 0 radical (unpaired) electrons.